The molecule has 0 saturated heterocycles. The highest BCUT2D eigenvalue weighted by atomic mass is 16.5. The van der Waals surface area contributed by atoms with Gasteiger partial charge in [-0.25, -0.2) is 4.79 Å². The summed E-state index contributed by atoms with van der Waals surface area (Å²) >= 11 is 0. The van der Waals surface area contributed by atoms with E-state index in [4.69, 9.17) is 14.6 Å². The normalized spacial score (nSPS) is 10.3. The molecule has 0 fully saturated rings. The molecule has 100 valence electrons. The van der Waals surface area contributed by atoms with E-state index >= 15 is 0 Å². The van der Waals surface area contributed by atoms with Crippen LogP contribution in [0.3, 0.4) is 0 Å². The largest absolute Gasteiger partial charge is 0.492 e. The number of carboxylic acids is 1. The zero-order valence-electron chi connectivity index (χ0n) is 10.5. The van der Waals surface area contributed by atoms with E-state index in [1.54, 1.807) is 12.1 Å². The van der Waals surface area contributed by atoms with E-state index in [1.807, 2.05) is 6.92 Å². The minimum Gasteiger partial charge on any atom is -0.492 e. The number of ether oxygens (including phenoxy) is 2. The van der Waals surface area contributed by atoms with E-state index in [9.17, 15) is 4.79 Å². The predicted molar refractivity (Wildman–Crippen MR) is 68.3 cm³/mol. The Morgan fingerprint density at radius 3 is 2.50 bits per heavy atom. The molecule has 0 saturated carbocycles. The van der Waals surface area contributed by atoms with Crippen LogP contribution in [0.2, 0.25) is 0 Å². The Morgan fingerprint density at radius 2 is 1.89 bits per heavy atom. The number of benzene rings is 1. The quantitative estimate of drug-likeness (QED) is 0.651. The van der Waals surface area contributed by atoms with Gasteiger partial charge < -0.3 is 19.9 Å². The summed E-state index contributed by atoms with van der Waals surface area (Å²) < 4.78 is 10.6. The molecule has 0 atom stereocenters. The van der Waals surface area contributed by atoms with Crippen LogP contribution in [0.25, 0.3) is 0 Å². The van der Waals surface area contributed by atoms with Gasteiger partial charge in [-0.3, -0.25) is 0 Å². The Morgan fingerprint density at radius 1 is 1.22 bits per heavy atom. The van der Waals surface area contributed by atoms with Crippen LogP contribution in [0.15, 0.2) is 24.3 Å². The molecule has 0 spiro atoms. The summed E-state index contributed by atoms with van der Waals surface area (Å²) in [6, 6.07) is 6.37. The van der Waals surface area contributed by atoms with Crippen molar-refractivity contribution in [3.8, 4) is 5.75 Å². The van der Waals surface area contributed by atoms with Gasteiger partial charge in [-0.1, -0.05) is 0 Å². The van der Waals surface area contributed by atoms with Gasteiger partial charge in [0.2, 0.25) is 0 Å². The number of hydrogen-bond donors (Lipinski definition) is 2. The third-order valence-electron chi connectivity index (χ3n) is 2.28. The van der Waals surface area contributed by atoms with Gasteiger partial charge in [0.1, 0.15) is 12.4 Å². The molecule has 0 aliphatic heterocycles. The minimum absolute atomic E-state index is 0.261. The molecule has 1 aromatic carbocycles. The summed E-state index contributed by atoms with van der Waals surface area (Å²) in [6.07, 6.45) is 0. The molecule has 5 heteroatoms. The van der Waals surface area contributed by atoms with Gasteiger partial charge in [-0.15, -0.1) is 0 Å². The van der Waals surface area contributed by atoms with Crippen LogP contribution in [-0.4, -0.2) is 44.0 Å². The van der Waals surface area contributed by atoms with E-state index in [1.165, 1.54) is 12.1 Å². The van der Waals surface area contributed by atoms with Crippen molar-refractivity contribution in [1.29, 1.82) is 0 Å². The first-order chi connectivity index (χ1) is 8.74. The Bertz CT molecular complexity index is 351. The number of rotatable bonds is 9. The second kappa shape index (κ2) is 8.49. The van der Waals surface area contributed by atoms with E-state index in [2.05, 4.69) is 5.32 Å². The lowest BCUT2D eigenvalue weighted by molar-refractivity contribution is 0.0697. The van der Waals surface area contributed by atoms with Crippen LogP contribution in [-0.2, 0) is 4.74 Å². The monoisotopic (exact) mass is 253 g/mol. The summed E-state index contributed by atoms with van der Waals surface area (Å²) in [5, 5.41) is 11.9. The van der Waals surface area contributed by atoms with Crippen molar-refractivity contribution < 1.29 is 19.4 Å². The van der Waals surface area contributed by atoms with Crippen molar-refractivity contribution in [1.82, 2.24) is 5.32 Å². The lowest BCUT2D eigenvalue weighted by Crippen LogP contribution is -2.25. The second-order valence-corrected chi connectivity index (χ2v) is 3.62. The van der Waals surface area contributed by atoms with E-state index < -0.39 is 5.97 Å². The van der Waals surface area contributed by atoms with Gasteiger partial charge in [0, 0.05) is 19.7 Å². The van der Waals surface area contributed by atoms with Crippen LogP contribution >= 0.6 is 0 Å². The first kappa shape index (κ1) is 14.5. The topological polar surface area (TPSA) is 67.8 Å². The smallest absolute Gasteiger partial charge is 0.335 e. The summed E-state index contributed by atoms with van der Waals surface area (Å²) in [7, 11) is 0. The molecular formula is C13H19NO4. The molecule has 0 heterocycles. The molecule has 0 amide bonds. The zero-order valence-corrected chi connectivity index (χ0v) is 10.5. The van der Waals surface area contributed by atoms with Gasteiger partial charge in [0.15, 0.2) is 0 Å². The minimum atomic E-state index is -0.931. The number of nitrogens with one attached hydrogen (secondary N) is 1. The average molecular weight is 253 g/mol. The van der Waals surface area contributed by atoms with Crippen LogP contribution in [0.1, 0.15) is 17.3 Å². The number of carbonyl (C=O) groups is 1. The van der Waals surface area contributed by atoms with Crippen molar-refractivity contribution >= 4 is 5.97 Å². The molecule has 0 aliphatic rings. The molecule has 2 N–H and O–H groups in total. The average Bonchev–Trinajstić information content (AvgIpc) is 2.38. The molecule has 0 radical (unpaired) electrons. The number of carboxylic acid groups (broad SMARTS) is 1. The molecular weight excluding hydrogens is 234 g/mol. The number of hydrogen-bond acceptors (Lipinski definition) is 4. The highest BCUT2D eigenvalue weighted by Gasteiger charge is 2.01. The summed E-state index contributed by atoms with van der Waals surface area (Å²) in [6.45, 7) is 5.46. The van der Waals surface area contributed by atoms with Gasteiger partial charge in [-0.2, -0.15) is 0 Å². The molecule has 0 aliphatic carbocycles. The fraction of sp³-hybridized carbons (Fsp3) is 0.462. The Kier molecular flexibility index (Phi) is 6.83. The van der Waals surface area contributed by atoms with Gasteiger partial charge >= 0.3 is 5.97 Å². The van der Waals surface area contributed by atoms with Gasteiger partial charge in [0.25, 0.3) is 0 Å². The standard InChI is InChI=1S/C13H19NO4/c1-2-17-9-7-14-8-10-18-12-5-3-11(4-6-12)13(15)16/h3-6,14H,2,7-10H2,1H3,(H,15,16). The Balaban J connectivity index is 2.14. The molecule has 18 heavy (non-hydrogen) atoms. The van der Waals surface area contributed by atoms with Crippen molar-refractivity contribution in [2.24, 2.45) is 0 Å². The van der Waals surface area contributed by atoms with Crippen molar-refractivity contribution in [2.45, 2.75) is 6.92 Å². The van der Waals surface area contributed by atoms with Crippen LogP contribution in [0.5, 0.6) is 5.75 Å². The van der Waals surface area contributed by atoms with Crippen LogP contribution < -0.4 is 10.1 Å². The lowest BCUT2D eigenvalue weighted by atomic mass is 10.2. The maximum absolute atomic E-state index is 10.6. The highest BCUT2D eigenvalue weighted by Crippen LogP contribution is 2.11. The molecule has 0 unspecified atom stereocenters. The first-order valence-corrected chi connectivity index (χ1v) is 5.98. The third-order valence-corrected chi connectivity index (χ3v) is 2.28. The summed E-state index contributed by atoms with van der Waals surface area (Å²) in [5.74, 6) is -0.259. The van der Waals surface area contributed by atoms with Gasteiger partial charge in [0.05, 0.1) is 12.2 Å². The van der Waals surface area contributed by atoms with Crippen LogP contribution in [0, 0.1) is 0 Å². The van der Waals surface area contributed by atoms with Crippen molar-refractivity contribution in [3.05, 3.63) is 29.8 Å². The molecule has 1 aromatic rings. The molecule has 5 nitrogen and oxygen atoms in total. The maximum Gasteiger partial charge on any atom is 0.335 e. The molecule has 1 rings (SSSR count). The lowest BCUT2D eigenvalue weighted by Gasteiger charge is -2.07. The molecule has 0 bridgehead atoms. The van der Waals surface area contributed by atoms with E-state index in [0.717, 1.165) is 19.7 Å². The Labute approximate surface area is 107 Å². The molecule has 0 aromatic heterocycles. The maximum atomic E-state index is 10.6. The Hall–Kier alpha value is -1.59. The first-order valence-electron chi connectivity index (χ1n) is 5.98. The summed E-state index contributed by atoms with van der Waals surface area (Å²) in [4.78, 5) is 10.6. The fourth-order valence-corrected chi connectivity index (χ4v) is 1.35. The third kappa shape index (κ3) is 5.65. The van der Waals surface area contributed by atoms with Gasteiger partial charge in [-0.05, 0) is 31.2 Å². The number of aromatic carboxylic acids is 1. The van der Waals surface area contributed by atoms with Crippen LogP contribution in [0.4, 0.5) is 0 Å². The van der Waals surface area contributed by atoms with Crippen molar-refractivity contribution in [3.63, 3.8) is 0 Å². The highest BCUT2D eigenvalue weighted by molar-refractivity contribution is 5.87. The predicted octanol–water partition coefficient (Wildman–Crippen LogP) is 1.39. The van der Waals surface area contributed by atoms with Crippen molar-refractivity contribution in [2.75, 3.05) is 32.9 Å². The van der Waals surface area contributed by atoms with E-state index in [-0.39, 0.29) is 5.56 Å². The fourth-order valence-electron chi connectivity index (χ4n) is 1.35. The van der Waals surface area contributed by atoms with E-state index in [0.29, 0.717) is 19.0 Å². The summed E-state index contributed by atoms with van der Waals surface area (Å²) in [5.41, 5.74) is 0.261. The second-order valence-electron chi connectivity index (χ2n) is 3.62. The zero-order chi connectivity index (χ0) is 13.2. The SMILES string of the molecule is CCOCCNCCOc1ccc(C(=O)O)cc1.